The average Bonchev–Trinajstić information content (AvgIpc) is 2.80. The van der Waals surface area contributed by atoms with Gasteiger partial charge in [-0.3, -0.25) is 9.00 Å². The van der Waals surface area contributed by atoms with Gasteiger partial charge in [0.05, 0.1) is 23.0 Å². The lowest BCUT2D eigenvalue weighted by Crippen LogP contribution is -2.65. The van der Waals surface area contributed by atoms with Gasteiger partial charge in [0.25, 0.3) is 0 Å². The van der Waals surface area contributed by atoms with Crippen LogP contribution >= 0.6 is 0 Å². The van der Waals surface area contributed by atoms with Gasteiger partial charge in [-0.15, -0.1) is 0 Å². The Kier molecular flexibility index (Phi) is 6.48. The maximum absolute atomic E-state index is 13.0. The molecule has 0 saturated carbocycles. The molecular weight excluding hydrogens is 394 g/mol. The summed E-state index contributed by atoms with van der Waals surface area (Å²) in [5.41, 5.74) is 0.140. The summed E-state index contributed by atoms with van der Waals surface area (Å²) < 4.78 is 24.0. The quantitative estimate of drug-likeness (QED) is 0.270. The normalized spacial score (nSPS) is 27.2. The molecule has 2 aliphatic rings. The van der Waals surface area contributed by atoms with Gasteiger partial charge in [0.1, 0.15) is 12.3 Å². The Labute approximate surface area is 171 Å². The first kappa shape index (κ1) is 23.0. The molecule has 0 spiro atoms. The molecule has 158 valence electrons. The predicted molar refractivity (Wildman–Crippen MR) is 113 cm³/mol. The second kappa shape index (κ2) is 7.87. The lowest BCUT2D eigenvalue weighted by molar-refractivity contribution is -0.163. The molecule has 8 heteroatoms. The van der Waals surface area contributed by atoms with Crippen molar-refractivity contribution in [1.29, 1.82) is 0 Å². The van der Waals surface area contributed by atoms with E-state index in [4.69, 9.17) is 9.16 Å². The maximum Gasteiger partial charge on any atom is 0.356 e. The smallest absolute Gasteiger partial charge is 0.356 e. The zero-order valence-electron chi connectivity index (χ0n) is 18.2. The zero-order valence-corrected chi connectivity index (χ0v) is 20.0. The molecule has 0 N–H and O–H groups in total. The Balaban J connectivity index is 2.30. The molecule has 0 bridgehead atoms. The first-order chi connectivity index (χ1) is 12.8. The molecule has 1 amide bonds. The fourth-order valence-corrected chi connectivity index (χ4v) is 6.36. The molecule has 0 aliphatic carbocycles. The fourth-order valence-electron chi connectivity index (χ4n) is 3.81. The van der Waals surface area contributed by atoms with Gasteiger partial charge >= 0.3 is 5.97 Å². The first-order valence-electron chi connectivity index (χ1n) is 9.62. The molecule has 0 aromatic carbocycles. The lowest BCUT2D eigenvalue weighted by atomic mass is 9.79. The minimum atomic E-state index is -2.05. The molecule has 2 aliphatic heterocycles. The Morgan fingerprint density at radius 2 is 1.96 bits per heavy atom. The Hall–Kier alpha value is -1.25. The van der Waals surface area contributed by atoms with Gasteiger partial charge in [0.2, 0.25) is 5.91 Å². The van der Waals surface area contributed by atoms with Crippen LogP contribution in [0.5, 0.6) is 0 Å². The second-order valence-electron chi connectivity index (χ2n) is 9.15. The summed E-state index contributed by atoms with van der Waals surface area (Å²) in [6, 6.07) is -0.225. The molecule has 1 saturated heterocycles. The van der Waals surface area contributed by atoms with E-state index in [0.717, 1.165) is 0 Å². The molecular formula is C20H33NO5SSi. The van der Waals surface area contributed by atoms with Crippen LogP contribution in [-0.4, -0.2) is 54.3 Å². The van der Waals surface area contributed by atoms with Crippen LogP contribution in [0.3, 0.4) is 0 Å². The van der Waals surface area contributed by atoms with Gasteiger partial charge in [0, 0.05) is 23.0 Å². The lowest BCUT2D eigenvalue weighted by Gasteiger charge is -2.50. The van der Waals surface area contributed by atoms with Crippen molar-refractivity contribution in [2.75, 3.05) is 12.9 Å². The van der Waals surface area contributed by atoms with Gasteiger partial charge in [-0.25, -0.2) is 4.79 Å². The number of carbonyl (C=O) groups is 2. The van der Waals surface area contributed by atoms with E-state index in [9.17, 15) is 13.8 Å². The van der Waals surface area contributed by atoms with E-state index in [-0.39, 0.29) is 47.2 Å². The molecule has 28 heavy (non-hydrogen) atoms. The summed E-state index contributed by atoms with van der Waals surface area (Å²) in [6.45, 7) is 18.2. The number of hydrogen-bond donors (Lipinski definition) is 0. The first-order valence-corrected chi connectivity index (χ1v) is 14.1. The SMILES string of the molecule is C=CCOC(=O)C1=C(S(C)=O)[C@H](C)[C@@H]2[C@@H]([C@@H](C)O[Si](C)(C)C(C)(C)C)C(=O)N12. The highest BCUT2D eigenvalue weighted by Gasteiger charge is 2.61. The number of β-lactam (4-membered cyclic amide) rings is 1. The highest BCUT2D eigenvalue weighted by molar-refractivity contribution is 7.88. The van der Waals surface area contributed by atoms with E-state index in [0.29, 0.717) is 4.91 Å². The van der Waals surface area contributed by atoms with Crippen molar-refractivity contribution >= 4 is 31.0 Å². The highest BCUT2D eigenvalue weighted by Crippen LogP contribution is 2.49. The number of hydrogen-bond acceptors (Lipinski definition) is 5. The largest absolute Gasteiger partial charge is 0.457 e. The molecule has 2 heterocycles. The molecule has 0 aromatic heterocycles. The highest BCUT2D eigenvalue weighted by atomic mass is 32.2. The summed E-state index contributed by atoms with van der Waals surface area (Å²) in [6.07, 6.45) is 2.73. The van der Waals surface area contributed by atoms with E-state index in [1.54, 1.807) is 0 Å². The Morgan fingerprint density at radius 1 is 1.39 bits per heavy atom. The minimum absolute atomic E-state index is 0.0308. The second-order valence-corrected chi connectivity index (χ2v) is 15.3. The van der Waals surface area contributed by atoms with Crippen LogP contribution in [0.15, 0.2) is 23.3 Å². The van der Waals surface area contributed by atoms with E-state index >= 15 is 0 Å². The standard InChI is InChI=1S/C20H33NO5SSi/c1-10-11-25-19(23)16-17(27(7)24)12(2)15-14(18(22)21(15)16)13(3)26-28(8,9)20(4,5)6/h10,12-15H,1,11H2,2-9H3/t12-,13-,14-,15-,27?/m1/s1. The molecule has 1 unspecified atom stereocenters. The van der Waals surface area contributed by atoms with Crippen LogP contribution in [0.2, 0.25) is 18.1 Å². The Morgan fingerprint density at radius 3 is 2.43 bits per heavy atom. The van der Waals surface area contributed by atoms with Gasteiger partial charge in [-0.05, 0) is 25.1 Å². The maximum atomic E-state index is 13.0. The topological polar surface area (TPSA) is 72.9 Å². The number of carbonyl (C=O) groups excluding carboxylic acids is 2. The van der Waals surface area contributed by atoms with Gasteiger partial charge in [-0.2, -0.15) is 0 Å². The third kappa shape index (κ3) is 3.78. The zero-order chi connectivity index (χ0) is 21.6. The van der Waals surface area contributed by atoms with E-state index in [2.05, 4.69) is 40.4 Å². The summed E-state index contributed by atoms with van der Waals surface area (Å²) in [4.78, 5) is 27.5. The van der Waals surface area contributed by atoms with Gasteiger partial charge in [-0.1, -0.05) is 40.3 Å². The van der Waals surface area contributed by atoms with Crippen molar-refractivity contribution in [3.63, 3.8) is 0 Å². The minimum Gasteiger partial charge on any atom is -0.457 e. The monoisotopic (exact) mass is 427 g/mol. The molecule has 5 atom stereocenters. The summed E-state index contributed by atoms with van der Waals surface area (Å²) in [5, 5.41) is 0.0308. The number of amides is 1. The molecule has 1 fully saturated rings. The molecule has 0 aromatic rings. The van der Waals surface area contributed by atoms with Crippen LogP contribution in [0.4, 0.5) is 0 Å². The van der Waals surface area contributed by atoms with Crippen molar-refractivity contribution in [2.45, 2.75) is 64.9 Å². The third-order valence-corrected chi connectivity index (χ3v) is 12.0. The van der Waals surface area contributed by atoms with E-state index in [1.807, 2.05) is 13.8 Å². The predicted octanol–water partition coefficient (Wildman–Crippen LogP) is 3.19. The van der Waals surface area contributed by atoms with Crippen molar-refractivity contribution in [3.8, 4) is 0 Å². The number of ether oxygens (including phenoxy) is 1. The van der Waals surface area contributed by atoms with E-state index < -0.39 is 25.1 Å². The van der Waals surface area contributed by atoms with Crippen molar-refractivity contribution in [2.24, 2.45) is 11.8 Å². The van der Waals surface area contributed by atoms with Crippen molar-refractivity contribution in [3.05, 3.63) is 23.3 Å². The van der Waals surface area contributed by atoms with E-state index in [1.165, 1.54) is 17.2 Å². The van der Waals surface area contributed by atoms with Gasteiger partial charge < -0.3 is 14.1 Å². The number of fused-ring (bicyclic) bond motifs is 1. The van der Waals surface area contributed by atoms with Crippen molar-refractivity contribution in [1.82, 2.24) is 4.90 Å². The summed E-state index contributed by atoms with van der Waals surface area (Å²) in [7, 11) is -3.43. The molecule has 6 nitrogen and oxygen atoms in total. The van der Waals surface area contributed by atoms with Gasteiger partial charge in [0.15, 0.2) is 8.32 Å². The van der Waals surface area contributed by atoms with Crippen LogP contribution in [0.1, 0.15) is 34.6 Å². The Bertz CT molecular complexity index is 739. The van der Waals surface area contributed by atoms with Crippen LogP contribution < -0.4 is 0 Å². The fraction of sp³-hybridized carbons (Fsp3) is 0.700. The average molecular weight is 428 g/mol. The molecule has 2 rings (SSSR count). The number of nitrogens with zero attached hydrogens (tertiary/aromatic N) is 1. The number of rotatable bonds is 7. The van der Waals surface area contributed by atoms with Crippen molar-refractivity contribution < 1.29 is 23.0 Å². The summed E-state index contributed by atoms with van der Waals surface area (Å²) >= 11 is 0. The number of esters is 1. The molecule has 0 radical (unpaired) electrons. The third-order valence-electron chi connectivity index (χ3n) is 6.22. The van der Waals surface area contributed by atoms with Crippen LogP contribution in [-0.2, 0) is 29.6 Å². The van der Waals surface area contributed by atoms with Crippen LogP contribution in [0.25, 0.3) is 0 Å². The van der Waals surface area contributed by atoms with Crippen LogP contribution in [0, 0.1) is 11.8 Å². The summed E-state index contributed by atoms with van der Waals surface area (Å²) in [5.74, 6) is -1.32.